The quantitative estimate of drug-likeness (QED) is 0.223. The van der Waals surface area contributed by atoms with Crippen LogP contribution in [0.3, 0.4) is 0 Å². The van der Waals surface area contributed by atoms with Crippen LogP contribution in [0, 0.1) is 0 Å². The molecule has 0 atom stereocenters. The summed E-state index contributed by atoms with van der Waals surface area (Å²) in [5, 5.41) is 10.4. The van der Waals surface area contributed by atoms with Crippen molar-refractivity contribution in [3.05, 3.63) is 0 Å². The first-order valence-electron chi connectivity index (χ1n) is 3.30. The monoisotopic (exact) mass is 1470 g/mol. The Balaban J connectivity index is 5.73. The number of aliphatic hydroxyl groups is 1. The summed E-state index contributed by atoms with van der Waals surface area (Å²) in [5.41, 5.74) is 0. The molecule has 104 valence electrons. The Hall–Kier alpha value is 7.99. The van der Waals surface area contributed by atoms with Crippen molar-refractivity contribution in [2.45, 2.75) is 5.34 Å². The van der Waals surface area contributed by atoms with Crippen molar-refractivity contribution >= 4 is 248 Å². The Labute approximate surface area is 251 Å². The molecule has 0 aliphatic heterocycles. The molecule has 0 aromatic heterocycles. The predicted octanol–water partition coefficient (Wildman–Crippen LogP) is 8.16. The Kier molecular flexibility index (Phi) is 12.9. The van der Waals surface area contributed by atoms with Gasteiger partial charge in [0.15, 0.2) is 1.61 Å². The van der Waals surface area contributed by atoms with Gasteiger partial charge in [-0.15, -0.1) is 0 Å². The second-order valence-electron chi connectivity index (χ2n) is 2.76. The Morgan fingerprint density at radius 3 is 0.941 bits per heavy atom. The van der Waals surface area contributed by atoms with Crippen LogP contribution in [-0.2, 0) is 0 Å². The molecule has 0 aromatic carbocycles. The van der Waals surface area contributed by atoms with Gasteiger partial charge in [0.1, 0.15) is 3.72 Å². The molecule has 0 aliphatic rings. The van der Waals surface area contributed by atoms with E-state index in [-0.39, 0.29) is 3.72 Å². The fourth-order valence-corrected chi connectivity index (χ4v) is 13.0. The van der Waals surface area contributed by atoms with Gasteiger partial charge in [0.2, 0.25) is 0 Å². The minimum Gasteiger partial charge on any atom is -0.369 e. The van der Waals surface area contributed by atoms with Gasteiger partial charge in [-0.05, 0) is 45.2 Å². The number of rotatable bonds is 4. The van der Waals surface area contributed by atoms with Gasteiger partial charge in [0.05, 0.1) is 0 Å². The summed E-state index contributed by atoms with van der Waals surface area (Å²) in [7, 11) is 0. The van der Waals surface area contributed by atoms with Crippen LogP contribution in [0.25, 0.3) is 0 Å². The third-order valence-electron chi connectivity index (χ3n) is 1.52. The molecule has 0 unspecified atom stereocenters. The largest absolute Gasteiger partial charge is 0.369 e. The predicted molar refractivity (Wildman–Crippen MR) is 170 cm³/mol. The molecule has 0 saturated carbocycles. The highest BCUT2D eigenvalue weighted by atomic mass is 127. The summed E-state index contributed by atoms with van der Waals surface area (Å²) < 4.78 is -1.26. The van der Waals surface area contributed by atoms with E-state index in [1.165, 1.54) is 0 Å². The van der Waals surface area contributed by atoms with E-state index in [0.29, 0.717) is 0 Å². The summed E-state index contributed by atoms with van der Waals surface area (Å²) in [6.07, 6.45) is 0. The Morgan fingerprint density at radius 1 is 0.471 bits per heavy atom. The molecule has 0 radical (unpaired) electrons. The van der Waals surface area contributed by atoms with Crippen LogP contribution in [0.2, 0.25) is 0 Å². The third kappa shape index (κ3) is 5.99. The number of halogens is 11. The number of alkyl halides is 11. The molecule has 17 heavy (non-hydrogen) atoms. The van der Waals surface area contributed by atoms with Gasteiger partial charge in [0.25, 0.3) is 0 Å². The standard InChI is InChI=1S/C5HI11O/c6-1(7,2(8,9)4(12,13)14)3(10,11)5(15,16)17/h17H. The van der Waals surface area contributed by atoms with Crippen molar-refractivity contribution in [1.29, 1.82) is 0 Å². The zero-order valence-corrected chi connectivity index (χ0v) is 30.8. The van der Waals surface area contributed by atoms with E-state index in [1.54, 1.807) is 0 Å². The highest BCUT2D eigenvalue weighted by Crippen LogP contribution is 2.73. The first-order chi connectivity index (χ1) is 7.00. The Morgan fingerprint density at radius 2 is 0.765 bits per heavy atom. The van der Waals surface area contributed by atoms with Crippen molar-refractivity contribution in [2.24, 2.45) is 0 Å². The van der Waals surface area contributed by atoms with E-state index < -0.39 is 1.61 Å². The SMILES string of the molecule is OC(I)(I)C(I)(I)C(I)(I)C(I)(I)C(I)(I)I. The molecule has 0 aromatic rings. The summed E-state index contributed by atoms with van der Waals surface area (Å²) in [6, 6.07) is 0. The van der Waals surface area contributed by atoms with Crippen molar-refractivity contribution in [1.82, 2.24) is 0 Å². The minimum absolute atomic E-state index is 0.0367. The van der Waals surface area contributed by atoms with E-state index in [2.05, 4.69) is 248 Å². The van der Waals surface area contributed by atoms with Gasteiger partial charge >= 0.3 is 0 Å². The lowest BCUT2D eigenvalue weighted by Crippen LogP contribution is -2.58. The smallest absolute Gasteiger partial charge is 0.192 e. The van der Waals surface area contributed by atoms with Gasteiger partial charge < -0.3 is 5.11 Å². The summed E-state index contributed by atoms with van der Waals surface area (Å²) in [5.74, 6) is 0. The maximum Gasteiger partial charge on any atom is 0.192 e. The summed E-state index contributed by atoms with van der Waals surface area (Å²) in [4.78, 5) is 0. The van der Waals surface area contributed by atoms with E-state index >= 15 is 0 Å². The molecule has 1 N–H and O–H groups in total. The van der Waals surface area contributed by atoms with E-state index in [9.17, 15) is 5.11 Å². The molecule has 0 bridgehead atoms. The lowest BCUT2D eigenvalue weighted by molar-refractivity contribution is 0.258. The highest BCUT2D eigenvalue weighted by molar-refractivity contribution is 14.3. The zero-order chi connectivity index (χ0) is 14.5. The molecule has 0 spiro atoms. The van der Waals surface area contributed by atoms with Crippen LogP contribution >= 0.6 is 248 Å². The van der Waals surface area contributed by atoms with Crippen LogP contribution in [0.5, 0.6) is 0 Å². The van der Waals surface area contributed by atoms with Crippen LogP contribution in [-0.4, -0.2) is 10.4 Å². The van der Waals surface area contributed by atoms with Crippen molar-refractivity contribution in [3.8, 4) is 0 Å². The topological polar surface area (TPSA) is 20.2 Å². The van der Waals surface area contributed by atoms with Crippen molar-refractivity contribution in [2.75, 3.05) is 0 Å². The molecule has 0 rings (SSSR count). The molecule has 12 heteroatoms. The van der Waals surface area contributed by atoms with Gasteiger partial charge in [0, 0.05) is 0 Å². The van der Waals surface area contributed by atoms with Crippen LogP contribution in [0.15, 0.2) is 0 Å². The second-order valence-corrected chi connectivity index (χ2v) is 34.9. The van der Waals surface area contributed by atoms with Crippen molar-refractivity contribution in [3.63, 3.8) is 0 Å². The molecule has 0 heterocycles. The lowest BCUT2D eigenvalue weighted by atomic mass is 10.2. The fourth-order valence-electron chi connectivity index (χ4n) is 0.564. The zero-order valence-electron chi connectivity index (χ0n) is 7.10. The van der Waals surface area contributed by atoms with Gasteiger partial charge in [-0.3, -0.25) is 0 Å². The molecule has 0 fully saturated rings. The first-order valence-corrected chi connectivity index (χ1v) is 15.2. The van der Waals surface area contributed by atoms with Crippen LogP contribution in [0.4, 0.5) is 0 Å². The van der Waals surface area contributed by atoms with Gasteiger partial charge in [-0.25, -0.2) is 0 Å². The third-order valence-corrected chi connectivity index (χ3v) is 33.8. The lowest BCUT2D eigenvalue weighted by Gasteiger charge is -2.50. The second kappa shape index (κ2) is 8.79. The van der Waals surface area contributed by atoms with Crippen LogP contribution in [0.1, 0.15) is 0 Å². The molecular formula is C5HI11O. The van der Waals surface area contributed by atoms with Crippen LogP contribution < -0.4 is 0 Å². The summed E-state index contributed by atoms with van der Waals surface area (Å²) >= 11 is 26.4. The van der Waals surface area contributed by atoms with E-state index in [4.69, 9.17) is 0 Å². The number of hydrogen-bond donors (Lipinski definition) is 1. The van der Waals surface area contributed by atoms with E-state index in [1.807, 2.05) is 0 Å². The van der Waals surface area contributed by atoms with Gasteiger partial charge in [-0.1, -0.05) is 203 Å². The first kappa shape index (κ1) is 25.0. The van der Waals surface area contributed by atoms with Gasteiger partial charge in [-0.2, -0.15) is 0 Å². The average Bonchev–Trinajstić information content (AvgIpc) is 1.98. The highest BCUT2D eigenvalue weighted by Gasteiger charge is 2.68. The molecular weight excluding hydrogens is 1470 g/mol. The number of hydrogen-bond acceptors (Lipinski definition) is 1. The maximum absolute atomic E-state index is 10.4. The maximum atomic E-state index is 10.4. The minimum atomic E-state index is -0.817. The average molecular weight is 1470 g/mol. The molecule has 1 nitrogen and oxygen atoms in total. The Bertz CT molecular complexity index is 255. The normalized spacial score (nSPS) is 16.2. The molecule has 0 saturated heterocycles. The van der Waals surface area contributed by atoms with Crippen molar-refractivity contribution < 1.29 is 5.11 Å². The summed E-state index contributed by atoms with van der Waals surface area (Å²) in [6.45, 7) is 0. The molecule has 0 amide bonds. The van der Waals surface area contributed by atoms with E-state index in [0.717, 1.165) is 0 Å². The fraction of sp³-hybridized carbons (Fsp3) is 1.00. The molecule has 0 aliphatic carbocycles.